The number of ether oxygens (including phenoxy) is 1. The molecule has 3 aromatic rings. The molecule has 2 N–H and O–H groups in total. The van der Waals surface area contributed by atoms with Crippen LogP contribution in [0.2, 0.25) is 0 Å². The molecule has 6 heteroatoms. The van der Waals surface area contributed by atoms with E-state index in [1.165, 1.54) is 17.5 Å². The van der Waals surface area contributed by atoms with Crippen molar-refractivity contribution in [3.8, 4) is 0 Å². The van der Waals surface area contributed by atoms with E-state index in [0.717, 1.165) is 24.4 Å². The van der Waals surface area contributed by atoms with E-state index in [4.69, 9.17) is 4.74 Å². The number of nitrogens with one attached hydrogen (secondary N) is 2. The number of nitrogens with zero attached hydrogens (tertiary/aromatic N) is 3. The molecular formula is C16H19N5O. The number of hydrogen-bond acceptors (Lipinski definition) is 5. The number of hydrogen-bond donors (Lipinski definition) is 2. The summed E-state index contributed by atoms with van der Waals surface area (Å²) in [5, 5.41) is 3.34. The van der Waals surface area contributed by atoms with Crippen molar-refractivity contribution in [2.24, 2.45) is 0 Å². The average molecular weight is 297 g/mol. The van der Waals surface area contributed by atoms with Gasteiger partial charge in [0.05, 0.1) is 12.9 Å². The van der Waals surface area contributed by atoms with Crippen molar-refractivity contribution in [1.29, 1.82) is 0 Å². The van der Waals surface area contributed by atoms with Gasteiger partial charge in [0.2, 0.25) is 0 Å². The van der Waals surface area contributed by atoms with E-state index in [1.54, 1.807) is 6.33 Å². The molecule has 6 nitrogen and oxygen atoms in total. The van der Waals surface area contributed by atoms with Crippen molar-refractivity contribution in [1.82, 2.24) is 19.9 Å². The highest BCUT2D eigenvalue weighted by atomic mass is 16.5. The minimum absolute atomic E-state index is 0.634. The van der Waals surface area contributed by atoms with E-state index in [1.807, 2.05) is 12.1 Å². The van der Waals surface area contributed by atoms with E-state index in [2.05, 4.69) is 44.3 Å². The van der Waals surface area contributed by atoms with Crippen molar-refractivity contribution in [3.63, 3.8) is 0 Å². The molecule has 2 heterocycles. The third-order valence-electron chi connectivity index (χ3n) is 3.39. The molecule has 0 radical (unpaired) electrons. The monoisotopic (exact) mass is 297 g/mol. The summed E-state index contributed by atoms with van der Waals surface area (Å²) in [5.74, 6) is 0.756. The number of aromatic amines is 1. The molecule has 1 aromatic carbocycles. The maximum absolute atomic E-state index is 5.65. The van der Waals surface area contributed by atoms with Gasteiger partial charge in [-0.3, -0.25) is 0 Å². The highest BCUT2D eigenvalue weighted by Crippen LogP contribution is 2.17. The molecule has 0 aliphatic heterocycles. The van der Waals surface area contributed by atoms with Crippen LogP contribution in [0.1, 0.15) is 24.5 Å². The Morgan fingerprint density at radius 1 is 1.14 bits per heavy atom. The van der Waals surface area contributed by atoms with Crippen molar-refractivity contribution in [2.45, 2.75) is 26.5 Å². The number of aromatic nitrogens is 4. The fraction of sp³-hybridized carbons (Fsp3) is 0.312. The molecule has 0 saturated carbocycles. The first kappa shape index (κ1) is 14.5. The SMILES string of the molecule is CCCOCc1ccccc1CNc1ncnc2nc[nH]c12. The van der Waals surface area contributed by atoms with Gasteiger partial charge in [-0.25, -0.2) is 15.0 Å². The lowest BCUT2D eigenvalue weighted by Crippen LogP contribution is -2.06. The van der Waals surface area contributed by atoms with Gasteiger partial charge in [0, 0.05) is 13.2 Å². The fourth-order valence-electron chi connectivity index (χ4n) is 2.28. The van der Waals surface area contributed by atoms with Crippen LogP contribution in [0.3, 0.4) is 0 Å². The van der Waals surface area contributed by atoms with E-state index >= 15 is 0 Å². The number of anilines is 1. The third kappa shape index (κ3) is 3.23. The molecule has 0 bridgehead atoms. The van der Waals surface area contributed by atoms with Gasteiger partial charge in [-0.05, 0) is 17.5 Å². The van der Waals surface area contributed by atoms with E-state index in [9.17, 15) is 0 Å². The Morgan fingerprint density at radius 3 is 2.86 bits per heavy atom. The van der Waals surface area contributed by atoms with Gasteiger partial charge in [-0.2, -0.15) is 0 Å². The Morgan fingerprint density at radius 2 is 2.00 bits per heavy atom. The highest BCUT2D eigenvalue weighted by molar-refractivity contribution is 5.81. The van der Waals surface area contributed by atoms with E-state index < -0.39 is 0 Å². The molecule has 2 aromatic heterocycles. The fourth-order valence-corrected chi connectivity index (χ4v) is 2.28. The molecule has 0 saturated heterocycles. The van der Waals surface area contributed by atoms with Crippen LogP contribution in [0.4, 0.5) is 5.82 Å². The minimum atomic E-state index is 0.634. The number of rotatable bonds is 7. The van der Waals surface area contributed by atoms with Gasteiger partial charge in [0.1, 0.15) is 11.8 Å². The highest BCUT2D eigenvalue weighted by Gasteiger charge is 2.07. The third-order valence-corrected chi connectivity index (χ3v) is 3.39. The second kappa shape index (κ2) is 7.00. The van der Waals surface area contributed by atoms with Gasteiger partial charge < -0.3 is 15.0 Å². The number of fused-ring (bicyclic) bond motifs is 1. The molecule has 0 aliphatic rings. The lowest BCUT2D eigenvalue weighted by atomic mass is 10.1. The van der Waals surface area contributed by atoms with Crippen molar-refractivity contribution in [2.75, 3.05) is 11.9 Å². The first-order valence-electron chi connectivity index (χ1n) is 7.41. The second-order valence-corrected chi connectivity index (χ2v) is 5.00. The zero-order chi connectivity index (χ0) is 15.2. The van der Waals surface area contributed by atoms with Gasteiger partial charge in [-0.15, -0.1) is 0 Å². The number of H-pyrrole nitrogens is 1. The zero-order valence-electron chi connectivity index (χ0n) is 12.5. The molecular weight excluding hydrogens is 278 g/mol. The molecule has 0 amide bonds. The number of benzene rings is 1. The quantitative estimate of drug-likeness (QED) is 0.656. The lowest BCUT2D eigenvalue weighted by molar-refractivity contribution is 0.121. The van der Waals surface area contributed by atoms with Crippen molar-refractivity contribution in [3.05, 3.63) is 48.0 Å². The molecule has 0 atom stereocenters. The predicted molar refractivity (Wildman–Crippen MR) is 85.4 cm³/mol. The largest absolute Gasteiger partial charge is 0.377 e. The summed E-state index contributed by atoms with van der Waals surface area (Å²) in [4.78, 5) is 15.6. The Bertz CT molecular complexity index is 740. The van der Waals surface area contributed by atoms with Crippen LogP contribution in [0.15, 0.2) is 36.9 Å². The summed E-state index contributed by atoms with van der Waals surface area (Å²) >= 11 is 0. The van der Waals surface area contributed by atoms with Crippen LogP contribution in [0.5, 0.6) is 0 Å². The Hall–Kier alpha value is -2.47. The van der Waals surface area contributed by atoms with Crippen molar-refractivity contribution < 1.29 is 4.74 Å². The maximum atomic E-state index is 5.65. The average Bonchev–Trinajstić information content (AvgIpc) is 3.03. The Labute approximate surface area is 129 Å². The molecule has 0 spiro atoms. The summed E-state index contributed by atoms with van der Waals surface area (Å²) in [6, 6.07) is 8.26. The molecule has 0 fully saturated rings. The summed E-state index contributed by atoms with van der Waals surface area (Å²) < 4.78 is 5.65. The lowest BCUT2D eigenvalue weighted by Gasteiger charge is -2.11. The van der Waals surface area contributed by atoms with Gasteiger partial charge in [-0.1, -0.05) is 31.2 Å². The second-order valence-electron chi connectivity index (χ2n) is 5.00. The molecule has 22 heavy (non-hydrogen) atoms. The first-order valence-corrected chi connectivity index (χ1v) is 7.41. The normalized spacial score (nSPS) is 11.0. The summed E-state index contributed by atoms with van der Waals surface area (Å²) in [6.07, 6.45) is 4.16. The van der Waals surface area contributed by atoms with Crippen LogP contribution >= 0.6 is 0 Å². The van der Waals surface area contributed by atoms with Crippen LogP contribution in [0.25, 0.3) is 11.2 Å². The van der Waals surface area contributed by atoms with Gasteiger partial charge in [0.25, 0.3) is 0 Å². The minimum Gasteiger partial charge on any atom is -0.377 e. The molecule has 3 rings (SSSR count). The van der Waals surface area contributed by atoms with Crippen LogP contribution in [0, 0.1) is 0 Å². The van der Waals surface area contributed by atoms with Crippen LogP contribution < -0.4 is 5.32 Å². The summed E-state index contributed by atoms with van der Waals surface area (Å²) in [7, 11) is 0. The maximum Gasteiger partial charge on any atom is 0.182 e. The smallest absolute Gasteiger partial charge is 0.182 e. The van der Waals surface area contributed by atoms with Gasteiger partial charge >= 0.3 is 0 Å². The van der Waals surface area contributed by atoms with Crippen LogP contribution in [-0.2, 0) is 17.9 Å². The Balaban J connectivity index is 1.72. The molecule has 114 valence electrons. The predicted octanol–water partition coefficient (Wildman–Crippen LogP) is 2.89. The topological polar surface area (TPSA) is 75.7 Å². The first-order chi connectivity index (χ1) is 10.9. The summed E-state index contributed by atoms with van der Waals surface area (Å²) in [5.41, 5.74) is 3.88. The molecule has 0 unspecified atom stereocenters. The van der Waals surface area contributed by atoms with Gasteiger partial charge in [0.15, 0.2) is 11.5 Å². The number of imidazole rings is 1. The Kier molecular flexibility index (Phi) is 4.60. The van der Waals surface area contributed by atoms with Crippen molar-refractivity contribution >= 4 is 17.0 Å². The van der Waals surface area contributed by atoms with Crippen LogP contribution in [-0.4, -0.2) is 26.5 Å². The molecule has 0 aliphatic carbocycles. The standard InChI is InChI=1S/C16H19N5O/c1-2-7-22-9-13-6-4-3-5-12(13)8-17-15-14-16(19-10-18-14)21-11-20-15/h3-6,10-11H,2,7-9H2,1H3,(H2,17,18,19,20,21). The summed E-state index contributed by atoms with van der Waals surface area (Å²) in [6.45, 7) is 4.20. The van der Waals surface area contributed by atoms with E-state index in [0.29, 0.717) is 18.8 Å². The van der Waals surface area contributed by atoms with E-state index in [-0.39, 0.29) is 0 Å². The zero-order valence-corrected chi connectivity index (χ0v) is 12.5.